The van der Waals surface area contributed by atoms with E-state index >= 15 is 0 Å². The summed E-state index contributed by atoms with van der Waals surface area (Å²) >= 11 is 3.02. The first-order valence-electron chi connectivity index (χ1n) is 9.99. The zero-order valence-corrected chi connectivity index (χ0v) is 18.3. The van der Waals surface area contributed by atoms with Crippen LogP contribution in [0.3, 0.4) is 0 Å². The lowest BCUT2D eigenvalue weighted by Gasteiger charge is -2.32. The molecule has 1 fully saturated rings. The number of carbonyl (C=O) groups is 1. The van der Waals surface area contributed by atoms with E-state index < -0.39 is 0 Å². The highest BCUT2D eigenvalue weighted by Crippen LogP contribution is 2.31. The molecule has 152 valence electrons. The van der Waals surface area contributed by atoms with Crippen LogP contribution in [0.2, 0.25) is 0 Å². The first kappa shape index (κ1) is 20.2. The monoisotopic (exact) mass is 427 g/mol. The highest BCUT2D eigenvalue weighted by molar-refractivity contribution is 7.99. The third-order valence-electron chi connectivity index (χ3n) is 5.36. The van der Waals surface area contributed by atoms with Crippen LogP contribution in [0.15, 0.2) is 40.5 Å². The van der Waals surface area contributed by atoms with E-state index in [1.807, 2.05) is 47.5 Å². The minimum Gasteiger partial charge on any atom is -0.341 e. The molecule has 2 aromatic heterocycles. The van der Waals surface area contributed by atoms with Gasteiger partial charge in [-0.2, -0.15) is 0 Å². The summed E-state index contributed by atoms with van der Waals surface area (Å²) in [6.45, 7) is 5.85. The average molecular weight is 428 g/mol. The molecule has 0 radical (unpaired) electrons. The molecule has 3 aromatic rings. The van der Waals surface area contributed by atoms with Crippen LogP contribution in [-0.4, -0.2) is 39.1 Å². The van der Waals surface area contributed by atoms with Crippen LogP contribution in [0, 0.1) is 5.92 Å². The summed E-state index contributed by atoms with van der Waals surface area (Å²) in [7, 11) is 0. The predicted molar refractivity (Wildman–Crippen MR) is 121 cm³/mol. The molecule has 2 unspecified atom stereocenters. The van der Waals surface area contributed by atoms with E-state index in [9.17, 15) is 9.59 Å². The normalized spacial score (nSPS) is 18.1. The number of nitrogens with zero attached hydrogens (tertiary/aromatic N) is 2. The van der Waals surface area contributed by atoms with Gasteiger partial charge in [-0.25, -0.2) is 4.98 Å². The summed E-state index contributed by atoms with van der Waals surface area (Å²) < 4.78 is 0. The second-order valence-corrected chi connectivity index (χ2v) is 9.88. The van der Waals surface area contributed by atoms with Gasteiger partial charge in [0.2, 0.25) is 5.91 Å². The molecule has 1 amide bonds. The predicted octanol–water partition coefficient (Wildman–Crippen LogP) is 4.53. The molecular weight excluding hydrogens is 402 g/mol. The number of aromatic amines is 1. The number of thiophene rings is 1. The van der Waals surface area contributed by atoms with Gasteiger partial charge >= 0.3 is 0 Å². The molecule has 1 N–H and O–H groups in total. The fourth-order valence-electron chi connectivity index (χ4n) is 3.81. The number of fused-ring (bicyclic) bond motifs is 1. The smallest absolute Gasteiger partial charge is 0.260 e. The molecule has 7 heteroatoms. The van der Waals surface area contributed by atoms with Crippen LogP contribution in [-0.2, 0) is 10.5 Å². The van der Waals surface area contributed by atoms with E-state index in [-0.39, 0.29) is 16.7 Å². The summed E-state index contributed by atoms with van der Waals surface area (Å²) in [4.78, 5) is 35.8. The second kappa shape index (κ2) is 8.71. The number of thioether (sulfide) groups is 1. The summed E-state index contributed by atoms with van der Waals surface area (Å²) in [6, 6.07) is 9.89. The van der Waals surface area contributed by atoms with Gasteiger partial charge in [-0.05, 0) is 31.2 Å². The molecule has 0 spiro atoms. The molecule has 4 rings (SSSR count). The number of carbonyl (C=O) groups excluding carboxylic acids is 1. The number of hydrogen-bond donors (Lipinski definition) is 1. The van der Waals surface area contributed by atoms with Crippen LogP contribution < -0.4 is 5.56 Å². The average Bonchev–Trinajstić information content (AvgIpc) is 3.17. The Balaban J connectivity index is 1.48. The highest BCUT2D eigenvalue weighted by Gasteiger charge is 2.25. The van der Waals surface area contributed by atoms with Crippen LogP contribution in [0.1, 0.15) is 32.5 Å². The van der Waals surface area contributed by atoms with E-state index in [1.54, 1.807) is 0 Å². The molecule has 0 bridgehead atoms. The van der Waals surface area contributed by atoms with Gasteiger partial charge in [0.1, 0.15) is 10.7 Å². The number of H-pyrrole nitrogens is 1. The molecule has 5 nitrogen and oxygen atoms in total. The minimum absolute atomic E-state index is 0.116. The Morgan fingerprint density at radius 1 is 1.38 bits per heavy atom. The largest absolute Gasteiger partial charge is 0.341 e. The van der Waals surface area contributed by atoms with Crippen LogP contribution >= 0.6 is 23.1 Å². The molecular formula is C22H25N3O2S2. The van der Waals surface area contributed by atoms with E-state index in [0.717, 1.165) is 35.5 Å². The summed E-state index contributed by atoms with van der Waals surface area (Å²) in [5, 5.41) is 2.48. The number of hydrogen-bond acceptors (Lipinski definition) is 5. The fourth-order valence-corrected chi connectivity index (χ4v) is 5.62. The van der Waals surface area contributed by atoms with Crippen LogP contribution in [0.5, 0.6) is 0 Å². The van der Waals surface area contributed by atoms with E-state index in [0.29, 0.717) is 22.9 Å². The molecule has 1 saturated heterocycles. The number of aromatic nitrogens is 2. The highest BCUT2D eigenvalue weighted by atomic mass is 32.2. The number of rotatable bonds is 5. The van der Waals surface area contributed by atoms with Gasteiger partial charge in [-0.3, -0.25) is 9.59 Å². The molecule has 1 aliphatic rings. The zero-order valence-electron chi connectivity index (χ0n) is 16.7. The molecule has 29 heavy (non-hydrogen) atoms. The van der Waals surface area contributed by atoms with Crippen molar-refractivity contribution in [2.45, 2.75) is 37.7 Å². The first-order valence-corrected chi connectivity index (χ1v) is 11.9. The maximum Gasteiger partial charge on any atom is 0.260 e. The summed E-state index contributed by atoms with van der Waals surface area (Å²) in [6.07, 6.45) is 2.28. The number of benzene rings is 1. The van der Waals surface area contributed by atoms with Crippen LogP contribution in [0.25, 0.3) is 21.3 Å². The number of likely N-dealkylation sites (tertiary alicyclic amines) is 1. The van der Waals surface area contributed by atoms with E-state index in [1.165, 1.54) is 29.5 Å². The van der Waals surface area contributed by atoms with Gasteiger partial charge in [0.15, 0.2) is 0 Å². The van der Waals surface area contributed by atoms with Gasteiger partial charge in [-0.1, -0.05) is 37.3 Å². The second-order valence-electron chi connectivity index (χ2n) is 7.69. The summed E-state index contributed by atoms with van der Waals surface area (Å²) in [5.41, 5.74) is 1.82. The van der Waals surface area contributed by atoms with E-state index in [4.69, 9.17) is 0 Å². The van der Waals surface area contributed by atoms with Crippen molar-refractivity contribution in [3.05, 3.63) is 51.9 Å². The lowest BCUT2D eigenvalue weighted by molar-refractivity contribution is -0.131. The Morgan fingerprint density at radius 3 is 2.93 bits per heavy atom. The first-order chi connectivity index (χ1) is 14.0. The van der Waals surface area contributed by atoms with Crippen molar-refractivity contribution in [1.29, 1.82) is 0 Å². The van der Waals surface area contributed by atoms with Crippen molar-refractivity contribution in [2.24, 2.45) is 5.92 Å². The Bertz CT molecular complexity index is 1060. The lowest BCUT2D eigenvalue weighted by Crippen LogP contribution is -2.42. The van der Waals surface area contributed by atoms with Gasteiger partial charge < -0.3 is 9.88 Å². The van der Waals surface area contributed by atoms with Crippen LogP contribution in [0.4, 0.5) is 0 Å². The van der Waals surface area contributed by atoms with Gasteiger partial charge in [0.05, 0.1) is 16.4 Å². The minimum atomic E-state index is -0.149. The molecule has 0 aliphatic carbocycles. The Hall–Kier alpha value is -2.12. The Morgan fingerprint density at radius 2 is 2.17 bits per heavy atom. The quantitative estimate of drug-likeness (QED) is 0.650. The fraction of sp³-hybridized carbons (Fsp3) is 0.409. The lowest BCUT2D eigenvalue weighted by atomic mass is 10.0. The van der Waals surface area contributed by atoms with Crippen molar-refractivity contribution in [3.63, 3.8) is 0 Å². The zero-order chi connectivity index (χ0) is 20.4. The SMILES string of the molecule is CC1CCCN(C(=O)C(C)SCc2nc3scc(-c4ccccc4)c3c(=O)[nH]2)C1. The summed E-state index contributed by atoms with van der Waals surface area (Å²) in [5.74, 6) is 1.90. The number of piperidine rings is 1. The van der Waals surface area contributed by atoms with Crippen molar-refractivity contribution in [2.75, 3.05) is 13.1 Å². The number of amides is 1. The third-order valence-corrected chi connectivity index (χ3v) is 7.38. The molecule has 3 heterocycles. The molecule has 0 saturated carbocycles. The Kier molecular flexibility index (Phi) is 6.06. The van der Waals surface area contributed by atoms with Gasteiger partial charge in [-0.15, -0.1) is 23.1 Å². The van der Waals surface area contributed by atoms with Crippen molar-refractivity contribution < 1.29 is 4.79 Å². The topological polar surface area (TPSA) is 66.1 Å². The molecule has 1 aliphatic heterocycles. The molecule has 1 aromatic carbocycles. The maximum atomic E-state index is 12.7. The maximum absolute atomic E-state index is 12.7. The molecule has 2 atom stereocenters. The van der Waals surface area contributed by atoms with Crippen molar-refractivity contribution in [1.82, 2.24) is 14.9 Å². The van der Waals surface area contributed by atoms with Crippen molar-refractivity contribution in [3.8, 4) is 11.1 Å². The number of nitrogens with one attached hydrogen (secondary N) is 1. The van der Waals surface area contributed by atoms with Gasteiger partial charge in [0.25, 0.3) is 5.56 Å². The van der Waals surface area contributed by atoms with E-state index in [2.05, 4.69) is 16.9 Å². The van der Waals surface area contributed by atoms with Crippen molar-refractivity contribution >= 4 is 39.2 Å². The standard InChI is InChI=1S/C22H25N3O2S2/c1-14-7-6-10-25(11-14)22(27)15(2)28-13-18-23-20(26)19-17(12-29-21(19)24-18)16-8-4-3-5-9-16/h3-5,8-9,12,14-15H,6-7,10-11,13H2,1-2H3,(H,23,24,26). The third kappa shape index (κ3) is 4.41. The van der Waals surface area contributed by atoms with Gasteiger partial charge in [0, 0.05) is 24.0 Å². The Labute approximate surface area is 178 Å².